The van der Waals surface area contributed by atoms with Crippen LogP contribution in [0.4, 0.5) is 0 Å². The molecule has 0 fully saturated rings. The second-order valence-corrected chi connectivity index (χ2v) is 6.59. The van der Waals surface area contributed by atoms with E-state index in [1.54, 1.807) is 26.4 Å². The van der Waals surface area contributed by atoms with Crippen molar-refractivity contribution in [3.05, 3.63) is 53.1 Å². The summed E-state index contributed by atoms with van der Waals surface area (Å²) < 4.78 is 20.7. The molecule has 0 aliphatic rings. The summed E-state index contributed by atoms with van der Waals surface area (Å²) in [7, 11) is 6.11. The van der Waals surface area contributed by atoms with Gasteiger partial charge in [0.25, 0.3) is 0 Å². The normalized spacial score (nSPS) is 10.9. The smallest absolute Gasteiger partial charge is 0.341 e. The van der Waals surface area contributed by atoms with E-state index in [0.717, 1.165) is 24.1 Å². The minimum absolute atomic E-state index is 0.379. The monoisotopic (exact) mass is 429 g/mol. The molecule has 0 bridgehead atoms. The predicted octanol–water partition coefficient (Wildman–Crippen LogP) is 2.80. The van der Waals surface area contributed by atoms with Gasteiger partial charge < -0.3 is 29.6 Å². The van der Waals surface area contributed by atoms with E-state index in [1.165, 1.54) is 14.2 Å². The number of ether oxygens (including phenoxy) is 4. The van der Waals surface area contributed by atoms with Gasteiger partial charge in [-0.3, -0.25) is 0 Å². The van der Waals surface area contributed by atoms with E-state index >= 15 is 0 Å². The summed E-state index contributed by atoms with van der Waals surface area (Å²) in [5.74, 6) is 2.14. The molecule has 8 heteroatoms. The Bertz CT molecular complexity index is 899. The molecule has 31 heavy (non-hydrogen) atoms. The second kappa shape index (κ2) is 12.3. The van der Waals surface area contributed by atoms with Crippen LogP contribution in [-0.4, -0.2) is 53.5 Å². The largest absolute Gasteiger partial charge is 0.496 e. The maximum Gasteiger partial charge on any atom is 0.341 e. The Balaban J connectivity index is 2.03. The first-order valence-electron chi connectivity index (χ1n) is 10.0. The van der Waals surface area contributed by atoms with Gasteiger partial charge in [-0.25, -0.2) is 9.79 Å². The summed E-state index contributed by atoms with van der Waals surface area (Å²) in [4.78, 5) is 16.6. The van der Waals surface area contributed by atoms with Crippen molar-refractivity contribution in [1.82, 2.24) is 10.6 Å². The van der Waals surface area contributed by atoms with Gasteiger partial charge >= 0.3 is 5.97 Å². The molecule has 2 aromatic rings. The van der Waals surface area contributed by atoms with Crippen molar-refractivity contribution in [3.8, 4) is 17.2 Å². The Morgan fingerprint density at radius 1 is 0.871 bits per heavy atom. The first-order valence-corrected chi connectivity index (χ1v) is 10.0. The van der Waals surface area contributed by atoms with Gasteiger partial charge in [-0.2, -0.15) is 0 Å². The average molecular weight is 430 g/mol. The number of carbonyl (C=O) groups excluding carboxylic acids is 1. The molecule has 0 aliphatic carbocycles. The number of benzene rings is 2. The Kier molecular flexibility index (Phi) is 9.48. The van der Waals surface area contributed by atoms with Crippen LogP contribution in [0.3, 0.4) is 0 Å². The van der Waals surface area contributed by atoms with Gasteiger partial charge in [0.05, 0.1) is 35.0 Å². The third kappa shape index (κ3) is 6.80. The number of carbonyl (C=O) groups is 1. The van der Waals surface area contributed by atoms with Crippen LogP contribution in [0.15, 0.2) is 41.4 Å². The molecule has 0 aromatic heterocycles. The summed E-state index contributed by atoms with van der Waals surface area (Å²) in [5, 5.41) is 6.56. The van der Waals surface area contributed by atoms with Gasteiger partial charge in [0.2, 0.25) is 0 Å². The molecular formula is C23H31N3O5. The molecule has 2 aromatic carbocycles. The van der Waals surface area contributed by atoms with Crippen molar-refractivity contribution in [1.29, 1.82) is 0 Å². The number of esters is 1. The van der Waals surface area contributed by atoms with E-state index in [-0.39, 0.29) is 0 Å². The van der Waals surface area contributed by atoms with Gasteiger partial charge in [0.1, 0.15) is 11.3 Å². The van der Waals surface area contributed by atoms with Gasteiger partial charge in [-0.1, -0.05) is 12.1 Å². The summed E-state index contributed by atoms with van der Waals surface area (Å²) in [6, 6.07) is 11.2. The highest BCUT2D eigenvalue weighted by Gasteiger charge is 2.13. The second-order valence-electron chi connectivity index (χ2n) is 6.59. The maximum atomic E-state index is 12.0. The third-order valence-electron chi connectivity index (χ3n) is 4.59. The molecule has 0 saturated carbocycles. The summed E-state index contributed by atoms with van der Waals surface area (Å²) >= 11 is 0. The van der Waals surface area contributed by atoms with Crippen molar-refractivity contribution >= 4 is 11.9 Å². The van der Waals surface area contributed by atoms with Crippen LogP contribution in [0, 0.1) is 0 Å². The maximum absolute atomic E-state index is 12.0. The highest BCUT2D eigenvalue weighted by molar-refractivity contribution is 5.92. The Morgan fingerprint density at radius 3 is 2.19 bits per heavy atom. The molecule has 0 amide bonds. The Morgan fingerprint density at radius 2 is 1.55 bits per heavy atom. The molecule has 0 saturated heterocycles. The lowest BCUT2D eigenvalue weighted by Crippen LogP contribution is -2.38. The third-order valence-corrected chi connectivity index (χ3v) is 4.59. The van der Waals surface area contributed by atoms with E-state index in [1.807, 2.05) is 31.2 Å². The fraction of sp³-hybridized carbons (Fsp3) is 0.391. The summed E-state index contributed by atoms with van der Waals surface area (Å²) in [6.07, 6.45) is 0.791. The van der Waals surface area contributed by atoms with E-state index in [2.05, 4.69) is 15.6 Å². The minimum Gasteiger partial charge on any atom is -0.496 e. The van der Waals surface area contributed by atoms with Crippen LogP contribution >= 0.6 is 0 Å². The quantitative estimate of drug-likeness (QED) is 0.341. The first kappa shape index (κ1) is 23.9. The molecule has 0 atom stereocenters. The van der Waals surface area contributed by atoms with Gasteiger partial charge in [-0.15, -0.1) is 0 Å². The summed E-state index contributed by atoms with van der Waals surface area (Å²) in [5.41, 5.74) is 2.38. The molecule has 0 unspecified atom stereocenters. The molecule has 168 valence electrons. The van der Waals surface area contributed by atoms with Crippen molar-refractivity contribution in [3.63, 3.8) is 0 Å². The number of hydrogen-bond acceptors (Lipinski definition) is 6. The van der Waals surface area contributed by atoms with Crippen molar-refractivity contribution < 1.29 is 23.7 Å². The SMILES string of the molecule is CCNC(=NCc1ccc(OC)c(C(=O)OC)c1)NCCc1ccc(OC)c(OC)c1. The average Bonchev–Trinajstić information content (AvgIpc) is 2.81. The van der Waals surface area contributed by atoms with Crippen LogP contribution in [0.5, 0.6) is 17.2 Å². The lowest BCUT2D eigenvalue weighted by Gasteiger charge is -2.13. The van der Waals surface area contributed by atoms with Crippen LogP contribution in [-0.2, 0) is 17.7 Å². The van der Waals surface area contributed by atoms with E-state index in [0.29, 0.717) is 41.9 Å². The number of nitrogens with one attached hydrogen (secondary N) is 2. The Labute approximate surface area is 183 Å². The zero-order valence-electron chi connectivity index (χ0n) is 18.8. The first-order chi connectivity index (χ1) is 15.1. The molecule has 0 heterocycles. The number of rotatable bonds is 10. The highest BCUT2D eigenvalue weighted by atomic mass is 16.5. The van der Waals surface area contributed by atoms with Crippen molar-refractivity contribution in [2.24, 2.45) is 4.99 Å². The molecular weight excluding hydrogens is 398 g/mol. The fourth-order valence-corrected chi connectivity index (χ4v) is 3.00. The molecule has 8 nitrogen and oxygen atoms in total. The van der Waals surface area contributed by atoms with E-state index in [4.69, 9.17) is 18.9 Å². The van der Waals surface area contributed by atoms with E-state index in [9.17, 15) is 4.79 Å². The van der Waals surface area contributed by atoms with Crippen LogP contribution in [0.2, 0.25) is 0 Å². The Hall–Kier alpha value is -3.42. The standard InChI is InChI=1S/C23H31N3O5/c1-6-24-23(25-12-11-16-7-10-20(29-3)21(14-16)30-4)26-15-17-8-9-19(28-2)18(13-17)22(27)31-5/h7-10,13-14H,6,11-12,15H2,1-5H3,(H2,24,25,26). The zero-order chi connectivity index (χ0) is 22.6. The van der Waals surface area contributed by atoms with Crippen LogP contribution < -0.4 is 24.8 Å². The number of hydrogen-bond donors (Lipinski definition) is 2. The van der Waals surface area contributed by atoms with Gasteiger partial charge in [0.15, 0.2) is 17.5 Å². The van der Waals surface area contributed by atoms with Crippen molar-refractivity contribution in [2.75, 3.05) is 41.5 Å². The lowest BCUT2D eigenvalue weighted by atomic mass is 10.1. The van der Waals surface area contributed by atoms with Crippen molar-refractivity contribution in [2.45, 2.75) is 19.9 Å². The number of nitrogens with zero attached hydrogens (tertiary/aromatic N) is 1. The predicted molar refractivity (Wildman–Crippen MR) is 120 cm³/mol. The molecule has 0 spiro atoms. The van der Waals surface area contributed by atoms with Gasteiger partial charge in [-0.05, 0) is 48.7 Å². The van der Waals surface area contributed by atoms with Gasteiger partial charge in [0, 0.05) is 13.1 Å². The minimum atomic E-state index is -0.442. The number of aliphatic imine (C=N–C) groups is 1. The number of guanidine groups is 1. The molecule has 0 aliphatic heterocycles. The molecule has 0 radical (unpaired) electrons. The lowest BCUT2D eigenvalue weighted by molar-refractivity contribution is 0.0597. The van der Waals surface area contributed by atoms with E-state index < -0.39 is 5.97 Å². The molecule has 2 rings (SSSR count). The number of methoxy groups -OCH3 is 4. The van der Waals surface area contributed by atoms with Crippen LogP contribution in [0.25, 0.3) is 0 Å². The zero-order valence-corrected chi connectivity index (χ0v) is 18.8. The summed E-state index contributed by atoms with van der Waals surface area (Å²) in [6.45, 7) is 3.84. The topological polar surface area (TPSA) is 90.4 Å². The van der Waals surface area contributed by atoms with Crippen LogP contribution in [0.1, 0.15) is 28.4 Å². The molecule has 2 N–H and O–H groups in total. The highest BCUT2D eigenvalue weighted by Crippen LogP contribution is 2.27. The fourth-order valence-electron chi connectivity index (χ4n) is 3.00.